The summed E-state index contributed by atoms with van der Waals surface area (Å²) in [5, 5.41) is 0. The molecule has 0 radical (unpaired) electrons. The van der Waals surface area contributed by atoms with Crippen molar-refractivity contribution >= 4 is 0 Å². The first kappa shape index (κ1) is 12.6. The van der Waals surface area contributed by atoms with Crippen molar-refractivity contribution in [3.63, 3.8) is 0 Å². The van der Waals surface area contributed by atoms with Gasteiger partial charge in [0.1, 0.15) is 6.61 Å². The third-order valence-corrected chi connectivity index (χ3v) is 2.80. The SMILES string of the molecule is Cc1cc(C(C)N)cnc1OCc1ccccc1. The Kier molecular flexibility index (Phi) is 3.95. The van der Waals surface area contributed by atoms with E-state index >= 15 is 0 Å². The average molecular weight is 242 g/mol. The molecule has 0 aliphatic rings. The minimum absolute atomic E-state index is 0.000580. The Morgan fingerprint density at radius 3 is 2.61 bits per heavy atom. The van der Waals surface area contributed by atoms with Gasteiger partial charge in [0.25, 0.3) is 0 Å². The van der Waals surface area contributed by atoms with E-state index in [1.54, 1.807) is 6.20 Å². The summed E-state index contributed by atoms with van der Waals surface area (Å²) in [6.45, 7) is 4.46. The van der Waals surface area contributed by atoms with E-state index in [9.17, 15) is 0 Å². The van der Waals surface area contributed by atoms with Crippen molar-refractivity contribution in [3.05, 3.63) is 59.3 Å². The molecule has 0 amide bonds. The Morgan fingerprint density at radius 2 is 2.00 bits per heavy atom. The van der Waals surface area contributed by atoms with Crippen LogP contribution in [0.1, 0.15) is 29.7 Å². The van der Waals surface area contributed by atoms with Crippen LogP contribution in [-0.4, -0.2) is 4.98 Å². The van der Waals surface area contributed by atoms with Crippen LogP contribution in [0.5, 0.6) is 5.88 Å². The first-order valence-corrected chi connectivity index (χ1v) is 6.05. The minimum Gasteiger partial charge on any atom is -0.473 e. The normalized spacial score (nSPS) is 12.2. The molecule has 1 heterocycles. The standard InChI is InChI=1S/C15H18N2O/c1-11-8-14(12(2)16)9-17-15(11)18-10-13-6-4-3-5-7-13/h3-9,12H,10,16H2,1-2H3. The van der Waals surface area contributed by atoms with Crippen LogP contribution >= 0.6 is 0 Å². The van der Waals surface area contributed by atoms with Gasteiger partial charge in [0.15, 0.2) is 0 Å². The number of hydrogen-bond acceptors (Lipinski definition) is 3. The lowest BCUT2D eigenvalue weighted by atomic mass is 10.1. The van der Waals surface area contributed by atoms with E-state index in [1.807, 2.05) is 50.2 Å². The number of hydrogen-bond donors (Lipinski definition) is 1. The van der Waals surface area contributed by atoms with E-state index < -0.39 is 0 Å². The molecule has 18 heavy (non-hydrogen) atoms. The monoisotopic (exact) mass is 242 g/mol. The van der Waals surface area contributed by atoms with Crippen LogP contribution < -0.4 is 10.5 Å². The van der Waals surface area contributed by atoms with Crippen LogP contribution in [0.4, 0.5) is 0 Å². The molecule has 2 aromatic rings. The van der Waals surface area contributed by atoms with Gasteiger partial charge in [-0.1, -0.05) is 30.3 Å². The highest BCUT2D eigenvalue weighted by atomic mass is 16.5. The molecule has 2 rings (SSSR count). The van der Waals surface area contributed by atoms with Crippen molar-refractivity contribution in [1.29, 1.82) is 0 Å². The highest BCUT2D eigenvalue weighted by molar-refractivity contribution is 5.30. The van der Waals surface area contributed by atoms with E-state index in [2.05, 4.69) is 4.98 Å². The minimum atomic E-state index is -0.000580. The second kappa shape index (κ2) is 5.65. The average Bonchev–Trinajstić information content (AvgIpc) is 2.38. The summed E-state index contributed by atoms with van der Waals surface area (Å²) in [6.07, 6.45) is 1.78. The van der Waals surface area contributed by atoms with Gasteiger partial charge in [-0.2, -0.15) is 0 Å². The third-order valence-electron chi connectivity index (χ3n) is 2.80. The van der Waals surface area contributed by atoms with E-state index in [0.717, 1.165) is 16.7 Å². The van der Waals surface area contributed by atoms with Crippen molar-refractivity contribution < 1.29 is 4.74 Å². The van der Waals surface area contributed by atoms with Crippen LogP contribution in [0, 0.1) is 6.92 Å². The molecular weight excluding hydrogens is 224 g/mol. The van der Waals surface area contributed by atoms with Gasteiger partial charge in [-0.05, 0) is 31.0 Å². The fraction of sp³-hybridized carbons (Fsp3) is 0.267. The molecule has 0 spiro atoms. The van der Waals surface area contributed by atoms with E-state index in [1.165, 1.54) is 0 Å². The molecule has 1 atom stereocenters. The van der Waals surface area contributed by atoms with Gasteiger partial charge in [-0.15, -0.1) is 0 Å². The van der Waals surface area contributed by atoms with Crippen LogP contribution in [0.15, 0.2) is 42.6 Å². The number of aromatic nitrogens is 1. The summed E-state index contributed by atoms with van der Waals surface area (Å²) in [7, 11) is 0. The number of ether oxygens (including phenoxy) is 1. The number of nitrogens with zero attached hydrogens (tertiary/aromatic N) is 1. The van der Waals surface area contributed by atoms with Crippen LogP contribution in [0.3, 0.4) is 0 Å². The van der Waals surface area contributed by atoms with Gasteiger partial charge < -0.3 is 10.5 Å². The second-order valence-electron chi connectivity index (χ2n) is 4.45. The van der Waals surface area contributed by atoms with Gasteiger partial charge in [0.05, 0.1) is 0 Å². The lowest BCUT2D eigenvalue weighted by Gasteiger charge is -2.11. The molecule has 1 aromatic carbocycles. The van der Waals surface area contributed by atoms with Gasteiger partial charge in [-0.3, -0.25) is 0 Å². The number of nitrogens with two attached hydrogens (primary N) is 1. The maximum Gasteiger partial charge on any atom is 0.216 e. The molecule has 1 aromatic heterocycles. The highest BCUT2D eigenvalue weighted by Gasteiger charge is 2.06. The number of rotatable bonds is 4. The largest absolute Gasteiger partial charge is 0.473 e. The Bertz CT molecular complexity index is 509. The van der Waals surface area contributed by atoms with Gasteiger partial charge in [-0.25, -0.2) is 4.98 Å². The maximum atomic E-state index is 5.82. The second-order valence-corrected chi connectivity index (χ2v) is 4.45. The zero-order chi connectivity index (χ0) is 13.0. The predicted molar refractivity (Wildman–Crippen MR) is 72.4 cm³/mol. The summed E-state index contributed by atoms with van der Waals surface area (Å²) in [5.41, 5.74) is 8.99. The molecule has 0 saturated heterocycles. The Labute approximate surface area is 108 Å². The smallest absolute Gasteiger partial charge is 0.216 e. The van der Waals surface area contributed by atoms with Gasteiger partial charge in [0, 0.05) is 17.8 Å². The molecule has 3 heteroatoms. The van der Waals surface area contributed by atoms with E-state index in [4.69, 9.17) is 10.5 Å². The third kappa shape index (κ3) is 3.08. The zero-order valence-electron chi connectivity index (χ0n) is 10.8. The van der Waals surface area contributed by atoms with Crippen LogP contribution in [-0.2, 0) is 6.61 Å². The summed E-state index contributed by atoms with van der Waals surface area (Å²) >= 11 is 0. The highest BCUT2D eigenvalue weighted by Crippen LogP contribution is 2.19. The molecular formula is C15H18N2O. The van der Waals surface area contributed by atoms with Crippen molar-refractivity contribution in [2.45, 2.75) is 26.5 Å². The predicted octanol–water partition coefficient (Wildman–Crippen LogP) is 2.99. The Balaban J connectivity index is 2.06. The molecule has 0 saturated carbocycles. The zero-order valence-corrected chi connectivity index (χ0v) is 10.8. The molecule has 3 nitrogen and oxygen atoms in total. The topological polar surface area (TPSA) is 48.1 Å². The lowest BCUT2D eigenvalue weighted by molar-refractivity contribution is 0.291. The lowest BCUT2D eigenvalue weighted by Crippen LogP contribution is -2.07. The molecule has 0 aliphatic carbocycles. The Morgan fingerprint density at radius 1 is 1.28 bits per heavy atom. The van der Waals surface area contributed by atoms with Crippen molar-refractivity contribution in [1.82, 2.24) is 4.98 Å². The Hall–Kier alpha value is -1.87. The molecule has 0 fully saturated rings. The quantitative estimate of drug-likeness (QED) is 0.896. The maximum absolute atomic E-state index is 5.82. The molecule has 1 unspecified atom stereocenters. The molecule has 0 aliphatic heterocycles. The number of benzene rings is 1. The molecule has 2 N–H and O–H groups in total. The fourth-order valence-electron chi connectivity index (χ4n) is 1.71. The number of aryl methyl sites for hydroxylation is 1. The van der Waals surface area contributed by atoms with Crippen molar-refractivity contribution in [2.24, 2.45) is 5.73 Å². The van der Waals surface area contributed by atoms with Crippen LogP contribution in [0.2, 0.25) is 0 Å². The van der Waals surface area contributed by atoms with E-state index in [0.29, 0.717) is 12.5 Å². The van der Waals surface area contributed by atoms with Crippen molar-refractivity contribution in [2.75, 3.05) is 0 Å². The summed E-state index contributed by atoms with van der Waals surface area (Å²) in [5.74, 6) is 0.670. The summed E-state index contributed by atoms with van der Waals surface area (Å²) in [6, 6.07) is 12.1. The molecule has 94 valence electrons. The summed E-state index contributed by atoms with van der Waals surface area (Å²) < 4.78 is 5.71. The van der Waals surface area contributed by atoms with E-state index in [-0.39, 0.29) is 6.04 Å². The summed E-state index contributed by atoms with van der Waals surface area (Å²) in [4.78, 5) is 4.31. The van der Waals surface area contributed by atoms with Gasteiger partial charge >= 0.3 is 0 Å². The fourth-order valence-corrected chi connectivity index (χ4v) is 1.71. The first-order chi connectivity index (χ1) is 8.66. The van der Waals surface area contributed by atoms with Crippen LogP contribution in [0.25, 0.3) is 0 Å². The first-order valence-electron chi connectivity index (χ1n) is 6.05. The number of pyridine rings is 1. The molecule has 0 bridgehead atoms. The van der Waals surface area contributed by atoms with Gasteiger partial charge in [0.2, 0.25) is 5.88 Å². The van der Waals surface area contributed by atoms with Crippen molar-refractivity contribution in [3.8, 4) is 5.88 Å².